The standard InChI is InChI=1S/C23H27N3O7S/c27-21(16-33-23(29)19-8-4-10-26(19)22(28)20-9-5-15-32-20)24-11-13-25(14-12-24)34(30,31)17-18-6-2-1-3-7-18/h1-3,5-7,9,15,19H,4,8,10-14,16-17H2/t19-/m0/s1. The number of sulfonamides is 1. The Balaban J connectivity index is 1.25. The number of ether oxygens (including phenoxy) is 1. The van der Waals surface area contributed by atoms with Crippen molar-refractivity contribution in [2.75, 3.05) is 39.3 Å². The van der Waals surface area contributed by atoms with E-state index in [0.717, 1.165) is 0 Å². The summed E-state index contributed by atoms with van der Waals surface area (Å²) in [5.41, 5.74) is 0.708. The zero-order valence-electron chi connectivity index (χ0n) is 18.7. The average molecular weight is 490 g/mol. The molecule has 0 radical (unpaired) electrons. The zero-order valence-corrected chi connectivity index (χ0v) is 19.5. The number of piperazine rings is 1. The van der Waals surface area contributed by atoms with Crippen molar-refractivity contribution in [3.8, 4) is 0 Å². The lowest BCUT2D eigenvalue weighted by molar-refractivity contribution is -0.155. The van der Waals surface area contributed by atoms with Crippen LogP contribution in [0.15, 0.2) is 53.1 Å². The van der Waals surface area contributed by atoms with Crippen molar-refractivity contribution in [1.82, 2.24) is 14.1 Å². The first kappa shape index (κ1) is 24.0. The van der Waals surface area contributed by atoms with E-state index in [1.165, 1.54) is 26.4 Å². The Labute approximate surface area is 198 Å². The van der Waals surface area contributed by atoms with Crippen molar-refractivity contribution in [2.24, 2.45) is 0 Å². The highest BCUT2D eigenvalue weighted by Gasteiger charge is 2.37. The van der Waals surface area contributed by atoms with Crippen LogP contribution in [0.25, 0.3) is 0 Å². The van der Waals surface area contributed by atoms with E-state index in [0.29, 0.717) is 24.9 Å². The van der Waals surface area contributed by atoms with Crippen LogP contribution in [0.3, 0.4) is 0 Å². The molecule has 1 aromatic carbocycles. The third kappa shape index (κ3) is 5.48. The summed E-state index contributed by atoms with van der Waals surface area (Å²) < 4.78 is 37.1. The van der Waals surface area contributed by atoms with Crippen LogP contribution in [0.4, 0.5) is 0 Å². The summed E-state index contributed by atoms with van der Waals surface area (Å²) in [6, 6.07) is 11.3. The molecule has 4 rings (SSSR count). The Hall–Kier alpha value is -3.18. The van der Waals surface area contributed by atoms with Crippen LogP contribution in [-0.2, 0) is 30.1 Å². The normalized spacial score (nSPS) is 19.2. The van der Waals surface area contributed by atoms with Gasteiger partial charge in [-0.1, -0.05) is 30.3 Å². The topological polar surface area (TPSA) is 117 Å². The molecule has 2 fully saturated rings. The molecule has 10 nitrogen and oxygen atoms in total. The number of hydrogen-bond donors (Lipinski definition) is 0. The summed E-state index contributed by atoms with van der Waals surface area (Å²) in [5, 5.41) is 0. The molecule has 3 heterocycles. The Bertz CT molecular complexity index is 1110. The van der Waals surface area contributed by atoms with Crippen molar-refractivity contribution in [2.45, 2.75) is 24.6 Å². The number of carbonyl (C=O) groups is 3. The number of likely N-dealkylation sites (tertiary alicyclic amines) is 1. The van der Waals surface area contributed by atoms with Gasteiger partial charge in [-0.2, -0.15) is 4.31 Å². The second-order valence-electron chi connectivity index (χ2n) is 8.26. The molecule has 0 saturated carbocycles. The molecule has 0 N–H and O–H groups in total. The van der Waals surface area contributed by atoms with Gasteiger partial charge in [-0.15, -0.1) is 0 Å². The number of benzene rings is 1. The van der Waals surface area contributed by atoms with Crippen LogP contribution in [0.5, 0.6) is 0 Å². The number of furan rings is 1. The van der Waals surface area contributed by atoms with Crippen LogP contribution < -0.4 is 0 Å². The van der Waals surface area contributed by atoms with Crippen molar-refractivity contribution in [3.63, 3.8) is 0 Å². The SMILES string of the molecule is O=C(OCC(=O)N1CCN(S(=O)(=O)Cc2ccccc2)CC1)[C@@H]1CCCN1C(=O)c1ccco1. The highest BCUT2D eigenvalue weighted by atomic mass is 32.2. The zero-order chi connectivity index (χ0) is 24.1. The maximum absolute atomic E-state index is 12.7. The number of nitrogens with zero attached hydrogens (tertiary/aromatic N) is 3. The Morgan fingerprint density at radius 3 is 2.38 bits per heavy atom. The summed E-state index contributed by atoms with van der Waals surface area (Å²) in [5.74, 6) is -1.35. The summed E-state index contributed by atoms with van der Waals surface area (Å²) in [4.78, 5) is 40.5. The van der Waals surface area contributed by atoms with Crippen molar-refractivity contribution in [3.05, 3.63) is 60.1 Å². The van der Waals surface area contributed by atoms with Gasteiger partial charge in [-0.3, -0.25) is 9.59 Å². The molecule has 0 aliphatic carbocycles. The summed E-state index contributed by atoms with van der Waals surface area (Å²) in [6.45, 7) is 0.765. The second kappa shape index (κ2) is 10.4. The van der Waals surface area contributed by atoms with Gasteiger partial charge in [0.1, 0.15) is 6.04 Å². The molecule has 2 aliphatic rings. The van der Waals surface area contributed by atoms with E-state index in [2.05, 4.69) is 0 Å². The molecule has 2 aliphatic heterocycles. The van der Waals surface area contributed by atoms with Crippen LogP contribution >= 0.6 is 0 Å². The molecule has 2 aromatic rings. The van der Waals surface area contributed by atoms with Gasteiger partial charge in [0.15, 0.2) is 12.4 Å². The van der Waals surface area contributed by atoms with E-state index >= 15 is 0 Å². The first-order valence-corrected chi connectivity index (χ1v) is 12.8. The van der Waals surface area contributed by atoms with E-state index in [1.807, 2.05) is 6.07 Å². The van der Waals surface area contributed by atoms with E-state index < -0.39 is 34.5 Å². The molecule has 1 aromatic heterocycles. The molecule has 182 valence electrons. The monoisotopic (exact) mass is 489 g/mol. The van der Waals surface area contributed by atoms with Gasteiger partial charge >= 0.3 is 5.97 Å². The molecule has 1 atom stereocenters. The van der Waals surface area contributed by atoms with E-state index in [1.54, 1.807) is 30.3 Å². The molecule has 2 saturated heterocycles. The van der Waals surface area contributed by atoms with Gasteiger partial charge in [0.05, 0.1) is 12.0 Å². The van der Waals surface area contributed by atoms with Crippen molar-refractivity contribution in [1.29, 1.82) is 0 Å². The van der Waals surface area contributed by atoms with Crippen molar-refractivity contribution < 1.29 is 32.0 Å². The lowest BCUT2D eigenvalue weighted by Crippen LogP contribution is -2.52. The van der Waals surface area contributed by atoms with Crippen LogP contribution in [-0.4, -0.2) is 85.7 Å². The smallest absolute Gasteiger partial charge is 0.329 e. The number of amides is 2. The minimum absolute atomic E-state index is 0.0893. The molecule has 11 heteroatoms. The van der Waals surface area contributed by atoms with Crippen molar-refractivity contribution >= 4 is 27.8 Å². The number of hydrogen-bond acceptors (Lipinski definition) is 7. The Morgan fingerprint density at radius 1 is 0.971 bits per heavy atom. The quantitative estimate of drug-likeness (QED) is 0.535. The summed E-state index contributed by atoms with van der Waals surface area (Å²) in [6.07, 6.45) is 2.50. The minimum atomic E-state index is -3.49. The fraction of sp³-hybridized carbons (Fsp3) is 0.435. The minimum Gasteiger partial charge on any atom is -0.459 e. The van der Waals surface area contributed by atoms with Gasteiger partial charge in [-0.25, -0.2) is 13.2 Å². The second-order valence-corrected chi connectivity index (χ2v) is 10.2. The number of rotatable bonds is 7. The third-order valence-electron chi connectivity index (χ3n) is 6.03. The van der Waals surface area contributed by atoms with Gasteiger partial charge in [0, 0.05) is 32.7 Å². The maximum atomic E-state index is 12.7. The number of carbonyl (C=O) groups excluding carboxylic acids is 3. The average Bonchev–Trinajstić information content (AvgIpc) is 3.55. The maximum Gasteiger partial charge on any atom is 0.329 e. The first-order valence-electron chi connectivity index (χ1n) is 11.2. The molecular weight excluding hydrogens is 462 g/mol. The third-order valence-corrected chi connectivity index (χ3v) is 7.88. The fourth-order valence-corrected chi connectivity index (χ4v) is 5.72. The highest BCUT2D eigenvalue weighted by Crippen LogP contribution is 2.22. The molecule has 34 heavy (non-hydrogen) atoms. The Kier molecular flexibility index (Phi) is 7.32. The van der Waals surface area contributed by atoms with E-state index in [4.69, 9.17) is 9.15 Å². The van der Waals surface area contributed by atoms with Gasteiger partial charge < -0.3 is 19.0 Å². The lowest BCUT2D eigenvalue weighted by Gasteiger charge is -2.34. The summed E-state index contributed by atoms with van der Waals surface area (Å²) >= 11 is 0. The van der Waals surface area contributed by atoms with Crippen LogP contribution in [0.1, 0.15) is 29.0 Å². The van der Waals surface area contributed by atoms with Gasteiger partial charge in [-0.05, 0) is 30.5 Å². The Morgan fingerprint density at radius 2 is 1.71 bits per heavy atom. The molecule has 0 unspecified atom stereocenters. The van der Waals surface area contributed by atoms with Gasteiger partial charge in [0.25, 0.3) is 11.8 Å². The lowest BCUT2D eigenvalue weighted by atomic mass is 10.2. The van der Waals surface area contributed by atoms with E-state index in [-0.39, 0.29) is 43.6 Å². The summed E-state index contributed by atoms with van der Waals surface area (Å²) in [7, 11) is -3.49. The fourth-order valence-electron chi connectivity index (χ4n) is 4.21. The predicted octanol–water partition coefficient (Wildman–Crippen LogP) is 1.10. The van der Waals surface area contributed by atoms with Gasteiger partial charge in [0.2, 0.25) is 10.0 Å². The van der Waals surface area contributed by atoms with E-state index in [9.17, 15) is 22.8 Å². The van der Waals surface area contributed by atoms with Crippen LogP contribution in [0, 0.1) is 0 Å². The number of esters is 1. The molecule has 0 spiro atoms. The predicted molar refractivity (Wildman–Crippen MR) is 121 cm³/mol. The molecular formula is C23H27N3O7S. The first-order chi connectivity index (χ1) is 16.3. The van der Waals surface area contributed by atoms with Crippen LogP contribution in [0.2, 0.25) is 0 Å². The largest absolute Gasteiger partial charge is 0.459 e. The molecule has 0 bridgehead atoms. The molecule has 2 amide bonds. The highest BCUT2D eigenvalue weighted by molar-refractivity contribution is 7.88.